The van der Waals surface area contributed by atoms with Crippen molar-refractivity contribution in [2.75, 3.05) is 13.1 Å². The number of rotatable bonds is 5. The second-order valence-electron chi connectivity index (χ2n) is 6.03. The van der Waals surface area contributed by atoms with Crippen LogP contribution >= 0.6 is 0 Å². The van der Waals surface area contributed by atoms with Crippen LogP contribution < -0.4 is 4.74 Å². The van der Waals surface area contributed by atoms with E-state index in [4.69, 9.17) is 4.74 Å². The number of ether oxygens (including phenoxy) is 1. The standard InChI is InChI=1S/C18H17F3N2O3S/c19-18(20,21)15-6-9-22-17(12-15)26-16-7-10-23(13-16)27(24,25)11-8-14-4-2-1-3-5-14/h1-6,8-9,11-12,16H,7,10,13H2. The molecule has 1 aromatic carbocycles. The van der Waals surface area contributed by atoms with Crippen molar-refractivity contribution >= 4 is 16.1 Å². The van der Waals surface area contributed by atoms with Crippen molar-refractivity contribution in [1.29, 1.82) is 0 Å². The number of benzene rings is 1. The van der Waals surface area contributed by atoms with Crippen LogP contribution in [0.2, 0.25) is 0 Å². The molecule has 1 aliphatic heterocycles. The molecule has 1 aliphatic rings. The van der Waals surface area contributed by atoms with Gasteiger partial charge in [-0.15, -0.1) is 0 Å². The maximum absolute atomic E-state index is 12.7. The van der Waals surface area contributed by atoms with Crippen LogP contribution in [-0.2, 0) is 16.2 Å². The van der Waals surface area contributed by atoms with Crippen molar-refractivity contribution in [3.05, 3.63) is 65.2 Å². The van der Waals surface area contributed by atoms with Crippen LogP contribution in [0, 0.1) is 0 Å². The molecule has 0 saturated carbocycles. The van der Waals surface area contributed by atoms with Crippen LogP contribution in [0.25, 0.3) is 6.08 Å². The molecule has 1 unspecified atom stereocenters. The summed E-state index contributed by atoms with van der Waals surface area (Å²) in [6.07, 6.45) is -2.16. The first-order valence-electron chi connectivity index (χ1n) is 8.17. The lowest BCUT2D eigenvalue weighted by Crippen LogP contribution is -2.29. The van der Waals surface area contributed by atoms with Gasteiger partial charge in [-0.25, -0.2) is 13.4 Å². The smallest absolute Gasteiger partial charge is 0.416 e. The Morgan fingerprint density at radius 3 is 2.63 bits per heavy atom. The van der Waals surface area contributed by atoms with Crippen molar-refractivity contribution in [1.82, 2.24) is 9.29 Å². The predicted molar refractivity (Wildman–Crippen MR) is 94.2 cm³/mol. The van der Waals surface area contributed by atoms with E-state index in [2.05, 4.69) is 4.98 Å². The van der Waals surface area contributed by atoms with E-state index in [0.29, 0.717) is 6.42 Å². The Labute approximate surface area is 155 Å². The molecular weight excluding hydrogens is 381 g/mol. The molecule has 2 heterocycles. The van der Waals surface area contributed by atoms with Gasteiger partial charge in [0.15, 0.2) is 0 Å². The summed E-state index contributed by atoms with van der Waals surface area (Å²) >= 11 is 0. The quantitative estimate of drug-likeness (QED) is 0.773. The number of nitrogens with zero attached hydrogens (tertiary/aromatic N) is 2. The van der Waals surface area contributed by atoms with Crippen LogP contribution in [0.4, 0.5) is 13.2 Å². The summed E-state index contributed by atoms with van der Waals surface area (Å²) in [7, 11) is -3.64. The van der Waals surface area contributed by atoms with Gasteiger partial charge in [-0.05, 0) is 24.1 Å². The number of hydrogen-bond acceptors (Lipinski definition) is 4. The van der Waals surface area contributed by atoms with Gasteiger partial charge in [0.25, 0.3) is 0 Å². The highest BCUT2D eigenvalue weighted by molar-refractivity contribution is 7.92. The third-order valence-electron chi connectivity index (χ3n) is 4.05. The monoisotopic (exact) mass is 398 g/mol. The lowest BCUT2D eigenvalue weighted by molar-refractivity contribution is -0.137. The molecule has 5 nitrogen and oxygen atoms in total. The van der Waals surface area contributed by atoms with Gasteiger partial charge in [-0.1, -0.05) is 30.3 Å². The lowest BCUT2D eigenvalue weighted by atomic mass is 10.2. The van der Waals surface area contributed by atoms with E-state index in [0.717, 1.165) is 29.3 Å². The van der Waals surface area contributed by atoms with Crippen molar-refractivity contribution in [2.45, 2.75) is 18.7 Å². The summed E-state index contributed by atoms with van der Waals surface area (Å²) in [4.78, 5) is 3.78. The Balaban J connectivity index is 1.64. The summed E-state index contributed by atoms with van der Waals surface area (Å²) in [5.74, 6) is -0.172. The Morgan fingerprint density at radius 2 is 1.93 bits per heavy atom. The van der Waals surface area contributed by atoms with Gasteiger partial charge in [-0.3, -0.25) is 0 Å². The number of hydrogen-bond donors (Lipinski definition) is 0. The van der Waals surface area contributed by atoms with Gasteiger partial charge in [0.1, 0.15) is 6.10 Å². The molecule has 3 rings (SSSR count). The molecule has 0 amide bonds. The van der Waals surface area contributed by atoms with Crippen LogP contribution in [-0.4, -0.2) is 36.9 Å². The fourth-order valence-electron chi connectivity index (χ4n) is 2.66. The first kappa shape index (κ1) is 19.4. The average molecular weight is 398 g/mol. The lowest BCUT2D eigenvalue weighted by Gasteiger charge is -2.15. The van der Waals surface area contributed by atoms with Crippen molar-refractivity contribution in [3.8, 4) is 5.88 Å². The number of aromatic nitrogens is 1. The van der Waals surface area contributed by atoms with Crippen LogP contribution in [0.1, 0.15) is 17.5 Å². The van der Waals surface area contributed by atoms with Crippen LogP contribution in [0.3, 0.4) is 0 Å². The van der Waals surface area contributed by atoms with Gasteiger partial charge < -0.3 is 4.74 Å². The molecule has 1 aromatic heterocycles. The van der Waals surface area contributed by atoms with Crippen molar-refractivity contribution < 1.29 is 26.3 Å². The van der Waals surface area contributed by atoms with E-state index in [1.54, 1.807) is 24.3 Å². The molecule has 1 atom stereocenters. The van der Waals surface area contributed by atoms with E-state index >= 15 is 0 Å². The SMILES string of the molecule is O=S(=O)(C=Cc1ccccc1)N1CCC(Oc2cc(C(F)(F)F)ccn2)C1. The molecule has 9 heteroatoms. The maximum Gasteiger partial charge on any atom is 0.416 e. The predicted octanol–water partition coefficient (Wildman–Crippen LogP) is 3.55. The minimum Gasteiger partial charge on any atom is -0.473 e. The molecule has 0 radical (unpaired) electrons. The van der Waals surface area contributed by atoms with Crippen LogP contribution in [0.5, 0.6) is 5.88 Å². The molecule has 144 valence electrons. The maximum atomic E-state index is 12.7. The second kappa shape index (κ2) is 7.69. The van der Waals surface area contributed by atoms with Gasteiger partial charge in [-0.2, -0.15) is 17.5 Å². The zero-order valence-corrected chi connectivity index (χ0v) is 14.9. The Hall–Kier alpha value is -2.39. The van der Waals surface area contributed by atoms with E-state index in [1.807, 2.05) is 6.07 Å². The molecule has 0 spiro atoms. The summed E-state index contributed by atoms with van der Waals surface area (Å²) in [5.41, 5.74) is -0.109. The molecule has 27 heavy (non-hydrogen) atoms. The highest BCUT2D eigenvalue weighted by Crippen LogP contribution is 2.31. The summed E-state index contributed by atoms with van der Waals surface area (Å²) in [5, 5.41) is 1.12. The number of sulfonamides is 1. The van der Waals surface area contributed by atoms with Crippen molar-refractivity contribution in [3.63, 3.8) is 0 Å². The normalized spacial score (nSPS) is 18.9. The van der Waals surface area contributed by atoms with Gasteiger partial charge in [0, 0.05) is 24.2 Å². The molecule has 0 N–H and O–H groups in total. The third-order valence-corrected chi connectivity index (χ3v) is 5.58. The molecular formula is C18H17F3N2O3S. The Bertz CT molecular complexity index is 915. The highest BCUT2D eigenvalue weighted by atomic mass is 32.2. The first-order valence-corrected chi connectivity index (χ1v) is 9.67. The number of halogens is 3. The molecule has 0 bridgehead atoms. The molecule has 0 aliphatic carbocycles. The topological polar surface area (TPSA) is 59.5 Å². The molecule has 2 aromatic rings. The fourth-order valence-corrected chi connectivity index (χ4v) is 3.90. The van der Waals surface area contributed by atoms with E-state index in [1.165, 1.54) is 10.4 Å². The van der Waals surface area contributed by atoms with Gasteiger partial charge >= 0.3 is 6.18 Å². The summed E-state index contributed by atoms with van der Waals surface area (Å²) < 4.78 is 69.8. The average Bonchev–Trinajstić information content (AvgIpc) is 3.10. The minimum absolute atomic E-state index is 0.0549. The third kappa shape index (κ3) is 5.08. The number of pyridine rings is 1. The molecule has 1 fully saturated rings. The second-order valence-corrected chi connectivity index (χ2v) is 7.84. The Morgan fingerprint density at radius 1 is 1.19 bits per heavy atom. The fraction of sp³-hybridized carbons (Fsp3) is 0.278. The van der Waals surface area contributed by atoms with E-state index in [9.17, 15) is 21.6 Å². The molecule has 1 saturated heterocycles. The minimum atomic E-state index is -4.49. The summed E-state index contributed by atoms with van der Waals surface area (Å²) in [6, 6.07) is 10.7. The van der Waals surface area contributed by atoms with Crippen molar-refractivity contribution in [2.24, 2.45) is 0 Å². The highest BCUT2D eigenvalue weighted by Gasteiger charge is 2.33. The van der Waals surface area contributed by atoms with Crippen LogP contribution in [0.15, 0.2) is 54.1 Å². The largest absolute Gasteiger partial charge is 0.473 e. The van der Waals surface area contributed by atoms with Gasteiger partial charge in [0.05, 0.1) is 12.1 Å². The van der Waals surface area contributed by atoms with Gasteiger partial charge in [0.2, 0.25) is 15.9 Å². The zero-order chi connectivity index (χ0) is 19.5. The van der Waals surface area contributed by atoms with E-state index in [-0.39, 0.29) is 19.0 Å². The summed E-state index contributed by atoms with van der Waals surface area (Å²) in [6.45, 7) is 0.282. The zero-order valence-electron chi connectivity index (χ0n) is 14.1. The first-order chi connectivity index (χ1) is 12.7. The Kier molecular flexibility index (Phi) is 5.52. The van der Waals surface area contributed by atoms with E-state index < -0.39 is 27.9 Å². The number of alkyl halides is 3.